The fourth-order valence-corrected chi connectivity index (χ4v) is 5.76. The van der Waals surface area contributed by atoms with Gasteiger partial charge in [-0.05, 0) is 30.7 Å². The molecule has 0 bridgehead atoms. The van der Waals surface area contributed by atoms with Gasteiger partial charge in [0.1, 0.15) is 22.6 Å². The van der Waals surface area contributed by atoms with Gasteiger partial charge in [0, 0.05) is 17.3 Å². The second-order valence-corrected chi connectivity index (χ2v) is 9.75. The van der Waals surface area contributed by atoms with E-state index >= 15 is 0 Å². The van der Waals surface area contributed by atoms with Gasteiger partial charge in [0.25, 0.3) is 5.91 Å². The summed E-state index contributed by atoms with van der Waals surface area (Å²) < 4.78 is 15.7. The lowest BCUT2D eigenvalue weighted by Crippen LogP contribution is -2.39. The number of benzene rings is 2. The molecule has 196 valence electrons. The lowest BCUT2D eigenvalue weighted by atomic mass is 9.82. The van der Waals surface area contributed by atoms with E-state index in [9.17, 15) is 19.6 Å². The molecule has 10 nitrogen and oxygen atoms in total. The second-order valence-electron chi connectivity index (χ2n) is 8.55. The van der Waals surface area contributed by atoms with Gasteiger partial charge >= 0.3 is 5.97 Å². The third-order valence-corrected chi connectivity index (χ3v) is 7.53. The van der Waals surface area contributed by atoms with Crippen molar-refractivity contribution in [2.45, 2.75) is 24.5 Å². The fraction of sp³-hybridized carbons (Fsp3) is 0.259. The minimum absolute atomic E-state index is 0.000669. The van der Waals surface area contributed by atoms with Crippen molar-refractivity contribution in [2.75, 3.05) is 26.6 Å². The minimum Gasteiger partial charge on any atom is -0.497 e. The Hall–Kier alpha value is -4.43. The van der Waals surface area contributed by atoms with Gasteiger partial charge in [-0.15, -0.1) is 0 Å². The predicted molar refractivity (Wildman–Crippen MR) is 141 cm³/mol. The summed E-state index contributed by atoms with van der Waals surface area (Å²) in [7, 11) is 4.21. The normalized spacial score (nSPS) is 18.6. The number of nitrogens with one attached hydrogen (secondary N) is 1. The molecule has 2 aliphatic rings. The van der Waals surface area contributed by atoms with E-state index in [4.69, 9.17) is 19.9 Å². The average Bonchev–Trinajstić information content (AvgIpc) is 3.23. The Labute approximate surface area is 224 Å². The summed E-state index contributed by atoms with van der Waals surface area (Å²) in [6.45, 7) is 1.89. The summed E-state index contributed by atoms with van der Waals surface area (Å²) in [6.07, 6.45) is -0.224. The van der Waals surface area contributed by atoms with Crippen LogP contribution in [-0.4, -0.2) is 49.3 Å². The minimum atomic E-state index is -0.964. The Balaban J connectivity index is 1.93. The third kappa shape index (κ3) is 4.78. The Morgan fingerprint density at radius 2 is 1.92 bits per heavy atom. The molecule has 0 radical (unpaired) electrons. The van der Waals surface area contributed by atoms with E-state index in [2.05, 4.69) is 11.4 Å². The van der Waals surface area contributed by atoms with Crippen LogP contribution in [0.1, 0.15) is 23.5 Å². The van der Waals surface area contributed by atoms with Crippen molar-refractivity contribution in [1.82, 2.24) is 4.90 Å². The molecule has 2 aromatic carbocycles. The lowest BCUT2D eigenvalue weighted by Gasteiger charge is -2.32. The molecule has 2 atom stereocenters. The number of ether oxygens (including phenoxy) is 3. The van der Waals surface area contributed by atoms with Crippen LogP contribution in [0, 0.1) is 18.3 Å². The topological polar surface area (TPSA) is 144 Å². The van der Waals surface area contributed by atoms with Gasteiger partial charge in [0.2, 0.25) is 5.91 Å². The van der Waals surface area contributed by atoms with E-state index < -0.39 is 29.0 Å². The smallest absolute Gasteiger partial charge is 0.307 e. The molecule has 2 amide bonds. The van der Waals surface area contributed by atoms with E-state index in [0.717, 1.165) is 22.2 Å². The lowest BCUT2D eigenvalue weighted by molar-refractivity contribution is -0.142. The number of rotatable bonds is 7. The van der Waals surface area contributed by atoms with Crippen LogP contribution in [0.4, 0.5) is 5.69 Å². The van der Waals surface area contributed by atoms with Gasteiger partial charge in [-0.1, -0.05) is 30.0 Å². The maximum atomic E-state index is 13.9. The number of nitrogens with two attached hydrogens (primary N) is 1. The monoisotopic (exact) mass is 534 g/mol. The number of hydrogen-bond donors (Lipinski definition) is 2. The molecular weight excluding hydrogens is 508 g/mol. The van der Waals surface area contributed by atoms with E-state index in [1.807, 2.05) is 13.0 Å². The van der Waals surface area contributed by atoms with Gasteiger partial charge in [0.15, 0.2) is 0 Å². The first-order valence-corrected chi connectivity index (χ1v) is 12.4. The number of carbonyl (C=O) groups is 3. The summed E-state index contributed by atoms with van der Waals surface area (Å²) >= 11 is 1.04. The van der Waals surface area contributed by atoms with Crippen LogP contribution in [0.15, 0.2) is 64.5 Å². The highest BCUT2D eigenvalue weighted by molar-refractivity contribution is 8.04. The molecule has 0 spiro atoms. The zero-order valence-electron chi connectivity index (χ0n) is 21.2. The van der Waals surface area contributed by atoms with E-state index in [-0.39, 0.29) is 28.4 Å². The molecule has 2 heterocycles. The molecule has 2 unspecified atom stereocenters. The molecule has 1 fully saturated rings. The maximum Gasteiger partial charge on any atom is 0.307 e. The number of thioether (sulfide) groups is 1. The first-order chi connectivity index (χ1) is 18.2. The first kappa shape index (κ1) is 26.6. The molecule has 0 saturated carbocycles. The second kappa shape index (κ2) is 10.9. The summed E-state index contributed by atoms with van der Waals surface area (Å²) in [5.74, 6) is -1.82. The Bertz CT molecular complexity index is 1430. The Morgan fingerprint density at radius 3 is 2.55 bits per heavy atom. The summed E-state index contributed by atoms with van der Waals surface area (Å²) in [6, 6.07) is 14.4. The van der Waals surface area contributed by atoms with Gasteiger partial charge in [-0.3, -0.25) is 19.3 Å². The van der Waals surface area contributed by atoms with Crippen LogP contribution >= 0.6 is 11.8 Å². The quantitative estimate of drug-likeness (QED) is 0.512. The van der Waals surface area contributed by atoms with E-state index in [0.29, 0.717) is 22.7 Å². The molecule has 1 saturated heterocycles. The predicted octanol–water partition coefficient (Wildman–Crippen LogP) is 3.16. The van der Waals surface area contributed by atoms with Crippen LogP contribution < -0.4 is 20.5 Å². The molecular formula is C27H26N4O6S. The number of allylic oxidation sites excluding steroid dienone is 1. The van der Waals surface area contributed by atoms with Crippen molar-refractivity contribution < 1.29 is 28.6 Å². The molecule has 0 aliphatic carbocycles. The molecule has 3 N–H and O–H groups in total. The molecule has 11 heteroatoms. The Morgan fingerprint density at radius 1 is 1.16 bits per heavy atom. The number of hydrogen-bond acceptors (Lipinski definition) is 9. The van der Waals surface area contributed by atoms with Crippen LogP contribution in [-0.2, 0) is 19.1 Å². The summed E-state index contributed by atoms with van der Waals surface area (Å²) in [5.41, 5.74) is 8.49. The van der Waals surface area contributed by atoms with Crippen molar-refractivity contribution in [2.24, 2.45) is 5.73 Å². The zero-order chi connectivity index (χ0) is 27.6. The van der Waals surface area contributed by atoms with Crippen molar-refractivity contribution in [3.8, 4) is 17.6 Å². The van der Waals surface area contributed by atoms with Crippen LogP contribution in [0.2, 0.25) is 0 Å². The number of aryl methyl sites for hydroxylation is 1. The van der Waals surface area contributed by atoms with E-state index in [1.54, 1.807) is 36.4 Å². The highest BCUT2D eigenvalue weighted by Gasteiger charge is 2.49. The number of nitriles is 1. The first-order valence-electron chi connectivity index (χ1n) is 11.5. The highest BCUT2D eigenvalue weighted by Crippen LogP contribution is 2.51. The number of nitrogens with zero attached hydrogens (tertiary/aromatic N) is 2. The average molecular weight is 535 g/mol. The number of esters is 1. The SMILES string of the molecule is COC(=O)CC1SC2=C(C(=O)Nc3cccc(C)c3)C(c3ccc(OC)cc3OC)C(C#N)=C(N)N2C1=O. The highest BCUT2D eigenvalue weighted by atomic mass is 32.2. The van der Waals surface area contributed by atoms with Gasteiger partial charge in [-0.25, -0.2) is 0 Å². The molecule has 2 aliphatic heterocycles. The fourth-order valence-electron chi connectivity index (χ4n) is 4.43. The molecule has 2 aromatic rings. The number of amides is 2. The standard InChI is InChI=1S/C27H26N4O6S/c1-14-6-5-7-15(10-14)30-25(33)23-22(17-9-8-16(35-2)11-19(17)36-3)18(13-28)24(29)31-26(34)20(38-27(23)31)12-21(32)37-4/h5-11,20,22H,12,29H2,1-4H3,(H,30,33). The molecule has 0 aromatic heterocycles. The number of carbonyl (C=O) groups excluding carboxylic acids is 3. The maximum absolute atomic E-state index is 13.9. The van der Waals surface area contributed by atoms with Crippen molar-refractivity contribution in [3.63, 3.8) is 0 Å². The zero-order valence-corrected chi connectivity index (χ0v) is 22.0. The van der Waals surface area contributed by atoms with Crippen LogP contribution in [0.3, 0.4) is 0 Å². The largest absolute Gasteiger partial charge is 0.497 e. The number of anilines is 1. The Kier molecular flexibility index (Phi) is 7.64. The number of fused-ring (bicyclic) bond motifs is 1. The molecule has 4 rings (SSSR count). The van der Waals surface area contributed by atoms with Crippen LogP contribution in [0.5, 0.6) is 11.5 Å². The van der Waals surface area contributed by atoms with Crippen LogP contribution in [0.25, 0.3) is 0 Å². The van der Waals surface area contributed by atoms with E-state index in [1.165, 1.54) is 21.3 Å². The van der Waals surface area contributed by atoms with Gasteiger partial charge in [-0.2, -0.15) is 5.26 Å². The van der Waals surface area contributed by atoms with Crippen molar-refractivity contribution >= 4 is 35.2 Å². The van der Waals surface area contributed by atoms with Crippen molar-refractivity contribution in [1.29, 1.82) is 5.26 Å². The molecule has 38 heavy (non-hydrogen) atoms. The van der Waals surface area contributed by atoms with Crippen molar-refractivity contribution in [3.05, 3.63) is 75.6 Å². The third-order valence-electron chi connectivity index (χ3n) is 6.25. The van der Waals surface area contributed by atoms with Gasteiger partial charge < -0.3 is 25.3 Å². The summed E-state index contributed by atoms with van der Waals surface area (Å²) in [5, 5.41) is 12.5. The summed E-state index contributed by atoms with van der Waals surface area (Å²) in [4.78, 5) is 40.4. The number of methoxy groups -OCH3 is 3. The van der Waals surface area contributed by atoms with Gasteiger partial charge in [0.05, 0.1) is 55.9 Å².